The second kappa shape index (κ2) is 5.90. The zero-order valence-corrected chi connectivity index (χ0v) is 13.3. The van der Waals surface area contributed by atoms with Gasteiger partial charge in [0.1, 0.15) is 17.0 Å². The molecule has 4 heteroatoms. The van der Waals surface area contributed by atoms with Crippen molar-refractivity contribution in [2.45, 2.75) is 56.4 Å². The number of nitrogens with one attached hydrogen (secondary N) is 1. The van der Waals surface area contributed by atoms with Gasteiger partial charge >= 0.3 is 0 Å². The second-order valence-electron chi connectivity index (χ2n) is 6.66. The van der Waals surface area contributed by atoms with Crippen molar-refractivity contribution in [1.82, 2.24) is 4.72 Å². The van der Waals surface area contributed by atoms with Gasteiger partial charge in [-0.05, 0) is 62.5 Å². The predicted octanol–water partition coefficient (Wildman–Crippen LogP) is 3.47. The van der Waals surface area contributed by atoms with E-state index >= 15 is 0 Å². The molecular formula is C17H22N2OS. The van der Waals surface area contributed by atoms with E-state index in [0.717, 1.165) is 23.3 Å². The summed E-state index contributed by atoms with van der Waals surface area (Å²) < 4.78 is 15.4. The van der Waals surface area contributed by atoms with Crippen LogP contribution >= 0.6 is 0 Å². The molecule has 1 aromatic carbocycles. The van der Waals surface area contributed by atoms with Gasteiger partial charge in [-0.3, -0.25) is 0 Å². The molecule has 3 atom stereocenters. The summed E-state index contributed by atoms with van der Waals surface area (Å²) in [5.74, 6) is 0.348. The summed E-state index contributed by atoms with van der Waals surface area (Å²) in [6, 6.07) is 9.70. The number of rotatable bonds is 4. The Labute approximate surface area is 129 Å². The van der Waals surface area contributed by atoms with Crippen LogP contribution < -0.4 is 4.72 Å². The molecule has 1 N–H and O–H groups in total. The fraction of sp³-hybridized carbons (Fsp3) is 0.588. The van der Waals surface area contributed by atoms with Gasteiger partial charge in [-0.25, -0.2) is 8.93 Å². The largest absolute Gasteiger partial charge is 0.237 e. The first-order valence-electron chi connectivity index (χ1n) is 7.76. The molecule has 3 rings (SSSR count). The Bertz CT molecular complexity index is 571. The summed E-state index contributed by atoms with van der Waals surface area (Å²) in [4.78, 5) is 0.748. The lowest BCUT2D eigenvalue weighted by Crippen LogP contribution is -2.38. The first-order valence-corrected chi connectivity index (χ1v) is 8.91. The van der Waals surface area contributed by atoms with Crippen molar-refractivity contribution < 1.29 is 4.21 Å². The third kappa shape index (κ3) is 3.36. The minimum absolute atomic E-state index is 0.301. The van der Waals surface area contributed by atoms with Crippen LogP contribution in [0.4, 0.5) is 0 Å². The molecule has 1 spiro atoms. The Kier molecular flexibility index (Phi) is 4.14. The minimum Gasteiger partial charge on any atom is -0.237 e. The molecule has 0 radical (unpaired) electrons. The molecule has 21 heavy (non-hydrogen) atoms. The highest BCUT2D eigenvalue weighted by Crippen LogP contribution is 2.58. The lowest BCUT2D eigenvalue weighted by atomic mass is 9.76. The number of nitrogens with zero attached hydrogens (tertiary/aromatic N) is 1. The number of hydrogen-bond acceptors (Lipinski definition) is 2. The molecule has 3 nitrogen and oxygen atoms in total. The van der Waals surface area contributed by atoms with E-state index in [-0.39, 0.29) is 6.04 Å². The predicted molar refractivity (Wildman–Crippen MR) is 83.7 cm³/mol. The molecule has 2 fully saturated rings. The van der Waals surface area contributed by atoms with Gasteiger partial charge < -0.3 is 0 Å². The third-order valence-electron chi connectivity index (χ3n) is 5.01. The third-order valence-corrected chi connectivity index (χ3v) is 6.18. The van der Waals surface area contributed by atoms with Crippen molar-refractivity contribution >= 4 is 11.0 Å². The van der Waals surface area contributed by atoms with Crippen LogP contribution in [0.25, 0.3) is 0 Å². The van der Waals surface area contributed by atoms with Crippen LogP contribution in [0, 0.1) is 29.6 Å². The topological polar surface area (TPSA) is 52.9 Å². The molecule has 0 aliphatic heterocycles. The van der Waals surface area contributed by atoms with Crippen LogP contribution in [-0.2, 0) is 11.0 Å². The summed E-state index contributed by atoms with van der Waals surface area (Å²) >= 11 is 0. The summed E-state index contributed by atoms with van der Waals surface area (Å²) in [6.07, 6.45) is 7.39. The highest BCUT2D eigenvalue weighted by Gasteiger charge is 2.47. The first kappa shape index (κ1) is 14.7. The van der Waals surface area contributed by atoms with E-state index in [1.807, 2.05) is 31.2 Å². The lowest BCUT2D eigenvalue weighted by molar-refractivity contribution is 0.230. The van der Waals surface area contributed by atoms with Crippen LogP contribution in [0.15, 0.2) is 29.2 Å². The standard InChI is InChI=1S/C17H22N2OS/c1-13-4-6-15(7-5-13)21(20)19-16(12-18)14-3-2-8-17(11-14)9-10-17/h4-7,14,16,19H,2-3,8-11H2,1H3/t14?,16-,21+/m1/s1. The maximum absolute atomic E-state index is 12.4. The molecule has 0 saturated heterocycles. The van der Waals surface area contributed by atoms with Crippen molar-refractivity contribution in [3.63, 3.8) is 0 Å². The zero-order valence-electron chi connectivity index (χ0n) is 12.5. The quantitative estimate of drug-likeness (QED) is 0.926. The molecular weight excluding hydrogens is 280 g/mol. The molecule has 112 valence electrons. The van der Waals surface area contributed by atoms with Crippen LogP contribution in [-0.4, -0.2) is 10.3 Å². The van der Waals surface area contributed by atoms with Crippen LogP contribution in [0.2, 0.25) is 0 Å². The Morgan fingerprint density at radius 2 is 2.05 bits per heavy atom. The molecule has 0 aromatic heterocycles. The van der Waals surface area contributed by atoms with Crippen molar-refractivity contribution in [3.05, 3.63) is 29.8 Å². The molecule has 2 saturated carbocycles. The fourth-order valence-electron chi connectivity index (χ4n) is 3.49. The second-order valence-corrected chi connectivity index (χ2v) is 7.91. The van der Waals surface area contributed by atoms with E-state index in [4.69, 9.17) is 0 Å². The first-order chi connectivity index (χ1) is 10.1. The summed E-state index contributed by atoms with van der Waals surface area (Å²) in [6.45, 7) is 2.01. The molecule has 0 heterocycles. The summed E-state index contributed by atoms with van der Waals surface area (Å²) in [7, 11) is -1.30. The number of benzene rings is 1. The van der Waals surface area contributed by atoms with E-state index in [1.165, 1.54) is 25.7 Å². The average Bonchev–Trinajstić information content (AvgIpc) is 3.24. The SMILES string of the molecule is Cc1ccc([S@](=O)N[C@H](C#N)C2CCCC3(CC3)C2)cc1. The van der Waals surface area contributed by atoms with E-state index < -0.39 is 11.0 Å². The average molecular weight is 302 g/mol. The Morgan fingerprint density at radius 3 is 2.67 bits per heavy atom. The van der Waals surface area contributed by atoms with E-state index in [2.05, 4.69) is 10.8 Å². The van der Waals surface area contributed by atoms with Crippen molar-refractivity contribution in [2.75, 3.05) is 0 Å². The molecule has 2 aliphatic rings. The van der Waals surface area contributed by atoms with Crippen molar-refractivity contribution in [1.29, 1.82) is 5.26 Å². The zero-order chi connectivity index (χ0) is 14.9. The van der Waals surface area contributed by atoms with Gasteiger partial charge in [0.15, 0.2) is 0 Å². The number of hydrogen-bond donors (Lipinski definition) is 1. The maximum atomic E-state index is 12.4. The Balaban J connectivity index is 1.65. The van der Waals surface area contributed by atoms with Gasteiger partial charge in [-0.2, -0.15) is 5.26 Å². The highest BCUT2D eigenvalue weighted by molar-refractivity contribution is 7.83. The summed E-state index contributed by atoms with van der Waals surface area (Å²) in [5.41, 5.74) is 1.68. The fourth-order valence-corrected chi connectivity index (χ4v) is 4.48. The van der Waals surface area contributed by atoms with Crippen LogP contribution in [0.1, 0.15) is 44.1 Å². The van der Waals surface area contributed by atoms with E-state index in [0.29, 0.717) is 11.3 Å². The normalized spacial score (nSPS) is 26.0. The molecule has 1 aromatic rings. The number of aryl methyl sites for hydroxylation is 1. The smallest absolute Gasteiger partial charge is 0.126 e. The molecule has 1 unspecified atom stereocenters. The van der Waals surface area contributed by atoms with Gasteiger partial charge in [0, 0.05) is 0 Å². The van der Waals surface area contributed by atoms with Crippen LogP contribution in [0.5, 0.6) is 0 Å². The van der Waals surface area contributed by atoms with Gasteiger partial charge in [-0.15, -0.1) is 0 Å². The minimum atomic E-state index is -1.30. The van der Waals surface area contributed by atoms with Crippen molar-refractivity contribution in [2.24, 2.45) is 11.3 Å². The van der Waals surface area contributed by atoms with E-state index in [9.17, 15) is 9.47 Å². The molecule has 0 amide bonds. The highest BCUT2D eigenvalue weighted by atomic mass is 32.2. The molecule has 2 aliphatic carbocycles. The van der Waals surface area contributed by atoms with Gasteiger partial charge in [0.05, 0.1) is 11.0 Å². The summed E-state index contributed by atoms with van der Waals surface area (Å²) in [5, 5.41) is 9.46. The molecule has 0 bridgehead atoms. The maximum Gasteiger partial charge on any atom is 0.126 e. The monoisotopic (exact) mass is 302 g/mol. The van der Waals surface area contributed by atoms with Gasteiger partial charge in [0.2, 0.25) is 0 Å². The van der Waals surface area contributed by atoms with Crippen molar-refractivity contribution in [3.8, 4) is 6.07 Å². The van der Waals surface area contributed by atoms with Gasteiger partial charge in [0.25, 0.3) is 0 Å². The Hall–Kier alpha value is -1.18. The lowest BCUT2D eigenvalue weighted by Gasteiger charge is -2.31. The van der Waals surface area contributed by atoms with Crippen LogP contribution in [0.3, 0.4) is 0 Å². The van der Waals surface area contributed by atoms with E-state index in [1.54, 1.807) is 0 Å². The number of nitriles is 1. The Morgan fingerprint density at radius 1 is 1.33 bits per heavy atom. The van der Waals surface area contributed by atoms with Gasteiger partial charge in [-0.1, -0.05) is 24.1 Å².